The van der Waals surface area contributed by atoms with Crippen molar-refractivity contribution in [3.63, 3.8) is 0 Å². The molecule has 0 atom stereocenters. The summed E-state index contributed by atoms with van der Waals surface area (Å²) < 4.78 is 26.6. The van der Waals surface area contributed by atoms with E-state index in [1.165, 1.54) is 11.0 Å². The maximum absolute atomic E-state index is 12.3. The summed E-state index contributed by atoms with van der Waals surface area (Å²) in [7, 11) is -3.66. The van der Waals surface area contributed by atoms with Crippen molar-refractivity contribution in [2.24, 2.45) is 0 Å². The molecule has 1 aromatic heterocycles. The van der Waals surface area contributed by atoms with Gasteiger partial charge in [0, 0.05) is 43.0 Å². The van der Waals surface area contributed by atoms with Gasteiger partial charge in [-0.2, -0.15) is 0 Å². The lowest BCUT2D eigenvalue weighted by Crippen LogP contribution is -2.50. The molecule has 1 N–H and O–H groups in total. The number of benzene rings is 1. The second-order valence-corrected chi connectivity index (χ2v) is 9.50. The summed E-state index contributed by atoms with van der Waals surface area (Å²) in [4.78, 5) is 17.7. The van der Waals surface area contributed by atoms with Crippen molar-refractivity contribution in [3.05, 3.63) is 63.2 Å². The van der Waals surface area contributed by atoms with Crippen LogP contribution in [-0.4, -0.2) is 56.8 Å². The van der Waals surface area contributed by atoms with E-state index in [0.717, 1.165) is 36.2 Å². The lowest BCUT2D eigenvalue weighted by atomic mass is 10.2. The highest BCUT2D eigenvalue weighted by Crippen LogP contribution is 2.13. The minimum atomic E-state index is -3.66. The quantitative estimate of drug-likeness (QED) is 0.748. The average Bonchev–Trinajstić information content (AvgIpc) is 3.19. The molecule has 0 radical (unpaired) electrons. The van der Waals surface area contributed by atoms with Gasteiger partial charge < -0.3 is 4.90 Å². The fourth-order valence-electron chi connectivity index (χ4n) is 2.95. The Kier molecular flexibility index (Phi) is 7.01. The molecule has 8 heteroatoms. The molecule has 0 spiro atoms. The van der Waals surface area contributed by atoms with E-state index in [-0.39, 0.29) is 12.5 Å². The Morgan fingerprint density at radius 2 is 1.86 bits per heavy atom. The van der Waals surface area contributed by atoms with Crippen molar-refractivity contribution in [1.29, 1.82) is 0 Å². The molecular weight excluding hydrogens is 394 g/mol. The van der Waals surface area contributed by atoms with E-state index in [9.17, 15) is 13.2 Å². The molecule has 2 heterocycles. The van der Waals surface area contributed by atoms with Gasteiger partial charge in [0.2, 0.25) is 15.9 Å². The summed E-state index contributed by atoms with van der Waals surface area (Å²) in [6, 6.07) is 11.7. The largest absolute Gasteiger partial charge is 0.339 e. The smallest absolute Gasteiger partial charge is 0.237 e. The van der Waals surface area contributed by atoms with E-state index < -0.39 is 10.0 Å². The molecule has 0 bridgehead atoms. The Morgan fingerprint density at radius 1 is 1.14 bits per heavy atom. The number of amides is 1. The molecule has 150 valence electrons. The standard InChI is InChI=1S/C20H25N3O3S2/c1-17-4-6-18(7-5-17)8-14-28(25,26)21-15-20(24)23-11-9-22(10-12-23)16-19-3-2-13-27-19/h2-8,13-14,21H,9-12,15-16H2,1H3. The van der Waals surface area contributed by atoms with Crippen LogP contribution < -0.4 is 4.72 Å². The van der Waals surface area contributed by atoms with Gasteiger partial charge in [-0.15, -0.1) is 11.3 Å². The number of carbonyl (C=O) groups excluding carboxylic acids is 1. The van der Waals surface area contributed by atoms with Crippen LogP contribution in [0.15, 0.2) is 47.2 Å². The van der Waals surface area contributed by atoms with Gasteiger partial charge in [-0.05, 0) is 30.0 Å². The van der Waals surface area contributed by atoms with E-state index >= 15 is 0 Å². The number of thiophene rings is 1. The molecule has 28 heavy (non-hydrogen) atoms. The Morgan fingerprint density at radius 3 is 2.50 bits per heavy atom. The van der Waals surface area contributed by atoms with Crippen molar-refractivity contribution in [3.8, 4) is 0 Å². The zero-order valence-corrected chi connectivity index (χ0v) is 17.5. The van der Waals surface area contributed by atoms with Gasteiger partial charge in [-0.1, -0.05) is 35.9 Å². The van der Waals surface area contributed by atoms with Crippen LogP contribution in [-0.2, 0) is 21.4 Å². The number of nitrogens with zero attached hydrogens (tertiary/aromatic N) is 2. The van der Waals surface area contributed by atoms with Crippen LogP contribution in [0.1, 0.15) is 16.0 Å². The fourth-order valence-corrected chi connectivity index (χ4v) is 4.45. The molecule has 0 aliphatic carbocycles. The highest BCUT2D eigenvalue weighted by Gasteiger charge is 2.22. The number of carbonyl (C=O) groups is 1. The molecule has 3 rings (SSSR count). The minimum absolute atomic E-state index is 0.192. The molecule has 1 aliphatic heterocycles. The van der Waals surface area contributed by atoms with Crippen LogP contribution in [0.4, 0.5) is 0 Å². The number of hydrogen-bond donors (Lipinski definition) is 1. The number of piperazine rings is 1. The summed E-state index contributed by atoms with van der Waals surface area (Å²) in [5.41, 5.74) is 1.91. The summed E-state index contributed by atoms with van der Waals surface area (Å²) in [6.07, 6.45) is 1.52. The third-order valence-electron chi connectivity index (χ3n) is 4.63. The number of hydrogen-bond acceptors (Lipinski definition) is 5. The van der Waals surface area contributed by atoms with Crippen LogP contribution in [0.25, 0.3) is 6.08 Å². The van der Waals surface area contributed by atoms with E-state index in [0.29, 0.717) is 13.1 Å². The lowest BCUT2D eigenvalue weighted by Gasteiger charge is -2.34. The van der Waals surface area contributed by atoms with Crippen molar-refractivity contribution >= 4 is 33.3 Å². The molecule has 1 aliphatic rings. The van der Waals surface area contributed by atoms with E-state index in [2.05, 4.69) is 21.1 Å². The zero-order chi connectivity index (χ0) is 20.0. The average molecular weight is 420 g/mol. The molecule has 6 nitrogen and oxygen atoms in total. The fraction of sp³-hybridized carbons (Fsp3) is 0.350. The van der Waals surface area contributed by atoms with E-state index in [1.807, 2.05) is 37.3 Å². The first-order chi connectivity index (χ1) is 13.4. The van der Waals surface area contributed by atoms with Crippen LogP contribution >= 0.6 is 11.3 Å². The monoisotopic (exact) mass is 419 g/mol. The predicted octanol–water partition coefficient (Wildman–Crippen LogP) is 2.29. The van der Waals surface area contributed by atoms with Gasteiger partial charge in [0.25, 0.3) is 0 Å². The molecule has 0 unspecified atom stereocenters. The van der Waals surface area contributed by atoms with E-state index in [4.69, 9.17) is 0 Å². The van der Waals surface area contributed by atoms with Gasteiger partial charge in [0.1, 0.15) is 0 Å². The molecule has 1 fully saturated rings. The van der Waals surface area contributed by atoms with Crippen molar-refractivity contribution in [2.45, 2.75) is 13.5 Å². The van der Waals surface area contributed by atoms with Gasteiger partial charge in [-0.3, -0.25) is 9.69 Å². The molecule has 1 amide bonds. The van der Waals surface area contributed by atoms with Gasteiger partial charge in [-0.25, -0.2) is 13.1 Å². The Bertz CT molecular complexity index is 899. The third kappa shape index (κ3) is 6.27. The maximum Gasteiger partial charge on any atom is 0.237 e. The number of rotatable bonds is 7. The van der Waals surface area contributed by atoms with Crippen LogP contribution in [0.2, 0.25) is 0 Å². The Hall–Kier alpha value is -2.00. The second-order valence-electron chi connectivity index (χ2n) is 6.82. The topological polar surface area (TPSA) is 69.7 Å². The molecule has 0 saturated carbocycles. The molecule has 2 aromatic rings. The molecule has 1 aromatic carbocycles. The van der Waals surface area contributed by atoms with Crippen molar-refractivity contribution in [2.75, 3.05) is 32.7 Å². The summed E-state index contributed by atoms with van der Waals surface area (Å²) in [6.45, 7) is 5.48. The van der Waals surface area contributed by atoms with Crippen LogP contribution in [0.3, 0.4) is 0 Å². The number of sulfonamides is 1. The molecular formula is C20H25N3O3S2. The SMILES string of the molecule is Cc1ccc(C=CS(=O)(=O)NCC(=O)N2CCN(Cc3cccs3)CC2)cc1. The first-order valence-electron chi connectivity index (χ1n) is 9.18. The van der Waals surface area contributed by atoms with Crippen LogP contribution in [0, 0.1) is 6.92 Å². The third-order valence-corrected chi connectivity index (χ3v) is 6.53. The second kappa shape index (κ2) is 9.47. The Labute approximate surface area is 170 Å². The zero-order valence-electron chi connectivity index (χ0n) is 15.9. The summed E-state index contributed by atoms with van der Waals surface area (Å²) >= 11 is 1.73. The first-order valence-corrected chi connectivity index (χ1v) is 11.6. The summed E-state index contributed by atoms with van der Waals surface area (Å²) in [5.74, 6) is -0.192. The van der Waals surface area contributed by atoms with Crippen molar-refractivity contribution < 1.29 is 13.2 Å². The molecule has 1 saturated heterocycles. The lowest BCUT2D eigenvalue weighted by molar-refractivity contribution is -0.131. The van der Waals surface area contributed by atoms with Gasteiger partial charge >= 0.3 is 0 Å². The first kappa shape index (κ1) is 20.7. The highest BCUT2D eigenvalue weighted by atomic mass is 32.2. The predicted molar refractivity (Wildman–Crippen MR) is 113 cm³/mol. The highest BCUT2D eigenvalue weighted by molar-refractivity contribution is 7.92. The minimum Gasteiger partial charge on any atom is -0.339 e. The van der Waals surface area contributed by atoms with Gasteiger partial charge in [0.15, 0.2) is 0 Å². The van der Waals surface area contributed by atoms with Crippen molar-refractivity contribution in [1.82, 2.24) is 14.5 Å². The van der Waals surface area contributed by atoms with Crippen LogP contribution in [0.5, 0.6) is 0 Å². The Balaban J connectivity index is 1.44. The normalized spacial score (nSPS) is 16.0. The van der Waals surface area contributed by atoms with E-state index in [1.54, 1.807) is 16.2 Å². The number of nitrogens with one attached hydrogen (secondary N) is 1. The number of aryl methyl sites for hydroxylation is 1. The van der Waals surface area contributed by atoms with Gasteiger partial charge in [0.05, 0.1) is 6.54 Å². The maximum atomic E-state index is 12.3. The summed E-state index contributed by atoms with van der Waals surface area (Å²) in [5, 5.41) is 3.17.